The van der Waals surface area contributed by atoms with Crippen LogP contribution >= 0.6 is 11.8 Å². The normalized spacial score (nSPS) is 15.6. The van der Waals surface area contributed by atoms with Gasteiger partial charge in [-0.05, 0) is 31.6 Å². The van der Waals surface area contributed by atoms with E-state index in [0.29, 0.717) is 6.10 Å². The molecule has 0 spiro atoms. The first-order valence-electron chi connectivity index (χ1n) is 5.03. The van der Waals surface area contributed by atoms with E-state index in [-0.39, 0.29) is 0 Å². The summed E-state index contributed by atoms with van der Waals surface area (Å²) < 4.78 is 5.76. The highest BCUT2D eigenvalue weighted by molar-refractivity contribution is 7.98. The molecule has 1 heterocycles. The van der Waals surface area contributed by atoms with E-state index in [2.05, 4.69) is 24.2 Å². The maximum absolute atomic E-state index is 5.76. The van der Waals surface area contributed by atoms with Gasteiger partial charge in [0, 0.05) is 5.69 Å². The van der Waals surface area contributed by atoms with Crippen molar-refractivity contribution in [2.45, 2.75) is 37.2 Å². The van der Waals surface area contributed by atoms with Crippen molar-refractivity contribution < 1.29 is 4.74 Å². The van der Waals surface area contributed by atoms with Crippen molar-refractivity contribution in [3.05, 3.63) is 18.0 Å². The van der Waals surface area contributed by atoms with Gasteiger partial charge < -0.3 is 4.74 Å². The van der Waals surface area contributed by atoms with Crippen LogP contribution in [0.15, 0.2) is 17.2 Å². The van der Waals surface area contributed by atoms with Gasteiger partial charge in [-0.15, -0.1) is 11.8 Å². The van der Waals surface area contributed by atoms with Crippen molar-refractivity contribution in [2.75, 3.05) is 6.26 Å². The Bertz CT molecular complexity index is 323. The molecule has 0 amide bonds. The van der Waals surface area contributed by atoms with Crippen molar-refractivity contribution in [1.29, 1.82) is 0 Å². The highest BCUT2D eigenvalue weighted by Crippen LogP contribution is 2.33. The third-order valence-electron chi connectivity index (χ3n) is 2.29. The number of nitrogens with zero attached hydrogens (tertiary/aromatic N) is 1. The molecule has 1 aliphatic rings. The minimum absolute atomic E-state index is 0.454. The van der Waals surface area contributed by atoms with Crippen LogP contribution in [-0.2, 0) is 6.42 Å². The second-order valence-corrected chi connectivity index (χ2v) is 4.35. The molecule has 0 unspecified atom stereocenters. The SMILES string of the molecule is CCc1cc(SC)c(OC2CC2)cn1. The fraction of sp³-hybridized carbons (Fsp3) is 0.545. The zero-order valence-corrected chi connectivity index (χ0v) is 9.43. The molecule has 0 radical (unpaired) electrons. The van der Waals surface area contributed by atoms with E-state index in [9.17, 15) is 0 Å². The number of hydrogen-bond donors (Lipinski definition) is 0. The zero-order valence-electron chi connectivity index (χ0n) is 8.62. The van der Waals surface area contributed by atoms with Gasteiger partial charge in [0.25, 0.3) is 0 Å². The fourth-order valence-corrected chi connectivity index (χ4v) is 1.83. The second-order valence-electron chi connectivity index (χ2n) is 3.50. The van der Waals surface area contributed by atoms with Gasteiger partial charge in [-0.3, -0.25) is 4.98 Å². The summed E-state index contributed by atoms with van der Waals surface area (Å²) in [7, 11) is 0. The Morgan fingerprint density at radius 2 is 2.36 bits per heavy atom. The standard InChI is InChI=1S/C11H15NOS/c1-3-8-6-11(14-2)10(7-12-8)13-9-4-5-9/h6-7,9H,3-5H2,1-2H3. The first-order chi connectivity index (χ1) is 6.83. The lowest BCUT2D eigenvalue weighted by Crippen LogP contribution is -1.99. The molecule has 0 saturated heterocycles. The maximum atomic E-state index is 5.76. The van der Waals surface area contributed by atoms with Crippen molar-refractivity contribution in [2.24, 2.45) is 0 Å². The summed E-state index contributed by atoms with van der Waals surface area (Å²) in [5, 5.41) is 0. The molecule has 76 valence electrons. The number of hydrogen-bond acceptors (Lipinski definition) is 3. The molecular weight excluding hydrogens is 194 g/mol. The molecule has 2 nitrogen and oxygen atoms in total. The Hall–Kier alpha value is -0.700. The molecule has 0 bridgehead atoms. The number of ether oxygens (including phenoxy) is 1. The Labute approximate surface area is 89.1 Å². The molecule has 1 saturated carbocycles. The van der Waals surface area contributed by atoms with Crippen LogP contribution in [-0.4, -0.2) is 17.3 Å². The molecule has 1 aromatic rings. The fourth-order valence-electron chi connectivity index (χ4n) is 1.27. The largest absolute Gasteiger partial charge is 0.488 e. The quantitative estimate of drug-likeness (QED) is 0.712. The second kappa shape index (κ2) is 4.22. The minimum Gasteiger partial charge on any atom is -0.488 e. The average Bonchev–Trinajstić information content (AvgIpc) is 3.02. The molecule has 14 heavy (non-hydrogen) atoms. The van der Waals surface area contributed by atoms with Crippen LogP contribution < -0.4 is 4.74 Å². The van der Waals surface area contributed by atoms with E-state index in [1.807, 2.05) is 6.20 Å². The molecule has 2 rings (SSSR count). The molecular formula is C11H15NOS. The van der Waals surface area contributed by atoms with E-state index in [0.717, 1.165) is 17.9 Å². The summed E-state index contributed by atoms with van der Waals surface area (Å²) in [5.41, 5.74) is 1.14. The number of pyridine rings is 1. The lowest BCUT2D eigenvalue weighted by atomic mass is 10.3. The Kier molecular flexibility index (Phi) is 2.96. The topological polar surface area (TPSA) is 22.1 Å². The molecule has 1 aliphatic carbocycles. The average molecular weight is 209 g/mol. The molecule has 0 N–H and O–H groups in total. The lowest BCUT2D eigenvalue weighted by Gasteiger charge is -2.09. The van der Waals surface area contributed by atoms with E-state index < -0.39 is 0 Å². The third kappa shape index (κ3) is 2.21. The number of rotatable bonds is 4. The van der Waals surface area contributed by atoms with E-state index in [1.54, 1.807) is 11.8 Å². The smallest absolute Gasteiger partial charge is 0.151 e. The van der Waals surface area contributed by atoms with Crippen LogP contribution in [0.1, 0.15) is 25.5 Å². The number of aryl methyl sites for hydroxylation is 1. The van der Waals surface area contributed by atoms with Crippen molar-refractivity contribution in [3.8, 4) is 5.75 Å². The van der Waals surface area contributed by atoms with Crippen LogP contribution in [0.25, 0.3) is 0 Å². The first-order valence-corrected chi connectivity index (χ1v) is 6.25. The van der Waals surface area contributed by atoms with Crippen LogP contribution in [0.5, 0.6) is 5.75 Å². The van der Waals surface area contributed by atoms with Gasteiger partial charge in [0.1, 0.15) is 0 Å². The molecule has 0 aliphatic heterocycles. The van der Waals surface area contributed by atoms with Gasteiger partial charge in [-0.2, -0.15) is 0 Å². The van der Waals surface area contributed by atoms with Crippen molar-refractivity contribution in [3.63, 3.8) is 0 Å². The van der Waals surface area contributed by atoms with Gasteiger partial charge in [0.15, 0.2) is 5.75 Å². The maximum Gasteiger partial charge on any atom is 0.151 e. The molecule has 3 heteroatoms. The minimum atomic E-state index is 0.454. The Morgan fingerprint density at radius 3 is 2.93 bits per heavy atom. The third-order valence-corrected chi connectivity index (χ3v) is 3.05. The lowest BCUT2D eigenvalue weighted by molar-refractivity contribution is 0.294. The zero-order chi connectivity index (χ0) is 9.97. The molecule has 1 aromatic heterocycles. The van der Waals surface area contributed by atoms with Crippen LogP contribution in [0.2, 0.25) is 0 Å². The molecule has 0 atom stereocenters. The van der Waals surface area contributed by atoms with E-state index >= 15 is 0 Å². The Balaban J connectivity index is 2.19. The van der Waals surface area contributed by atoms with Gasteiger partial charge in [0.05, 0.1) is 17.2 Å². The first kappa shape index (κ1) is 9.84. The number of thioether (sulfide) groups is 1. The summed E-state index contributed by atoms with van der Waals surface area (Å²) in [5.74, 6) is 0.956. The van der Waals surface area contributed by atoms with Gasteiger partial charge in [0.2, 0.25) is 0 Å². The van der Waals surface area contributed by atoms with E-state index in [4.69, 9.17) is 4.74 Å². The summed E-state index contributed by atoms with van der Waals surface area (Å²) in [6.07, 6.45) is 7.77. The highest BCUT2D eigenvalue weighted by Gasteiger charge is 2.24. The summed E-state index contributed by atoms with van der Waals surface area (Å²) >= 11 is 1.73. The number of aromatic nitrogens is 1. The summed E-state index contributed by atoms with van der Waals surface area (Å²) in [6.45, 7) is 2.12. The predicted molar refractivity (Wildman–Crippen MR) is 59.0 cm³/mol. The van der Waals surface area contributed by atoms with Gasteiger partial charge in [-0.25, -0.2) is 0 Å². The highest BCUT2D eigenvalue weighted by atomic mass is 32.2. The molecule has 0 aromatic carbocycles. The summed E-state index contributed by atoms with van der Waals surface area (Å²) in [6, 6.07) is 2.13. The van der Waals surface area contributed by atoms with Crippen molar-refractivity contribution in [1.82, 2.24) is 4.98 Å². The Morgan fingerprint density at radius 1 is 1.57 bits per heavy atom. The van der Waals surface area contributed by atoms with Crippen LogP contribution in [0.3, 0.4) is 0 Å². The van der Waals surface area contributed by atoms with Crippen LogP contribution in [0, 0.1) is 0 Å². The molecule has 1 fully saturated rings. The van der Waals surface area contributed by atoms with Gasteiger partial charge in [-0.1, -0.05) is 6.92 Å². The van der Waals surface area contributed by atoms with E-state index in [1.165, 1.54) is 17.7 Å². The van der Waals surface area contributed by atoms with Crippen molar-refractivity contribution >= 4 is 11.8 Å². The monoisotopic (exact) mass is 209 g/mol. The summed E-state index contributed by atoms with van der Waals surface area (Å²) in [4.78, 5) is 5.56. The van der Waals surface area contributed by atoms with Gasteiger partial charge >= 0.3 is 0 Å². The van der Waals surface area contributed by atoms with Crippen LogP contribution in [0.4, 0.5) is 0 Å². The predicted octanol–water partition coefficient (Wildman–Crippen LogP) is 2.91.